The van der Waals surface area contributed by atoms with Crippen molar-refractivity contribution in [1.82, 2.24) is 14.7 Å². The van der Waals surface area contributed by atoms with Gasteiger partial charge in [-0.25, -0.2) is 4.79 Å². The van der Waals surface area contributed by atoms with Crippen LogP contribution in [-0.2, 0) is 23.6 Å². The van der Waals surface area contributed by atoms with Crippen molar-refractivity contribution in [3.63, 3.8) is 0 Å². The van der Waals surface area contributed by atoms with Gasteiger partial charge < -0.3 is 14.8 Å². The minimum absolute atomic E-state index is 0.105. The van der Waals surface area contributed by atoms with Crippen molar-refractivity contribution < 1.29 is 14.3 Å². The van der Waals surface area contributed by atoms with Crippen LogP contribution in [0.4, 0.5) is 16.3 Å². The third-order valence-corrected chi connectivity index (χ3v) is 7.51. The van der Waals surface area contributed by atoms with Crippen molar-refractivity contribution in [1.29, 1.82) is 0 Å². The summed E-state index contributed by atoms with van der Waals surface area (Å²) in [5, 5.41) is 12.4. The third-order valence-electron chi connectivity index (χ3n) is 7.51. The Morgan fingerprint density at radius 2 is 1.78 bits per heavy atom. The zero-order valence-corrected chi connectivity index (χ0v) is 24.5. The number of carbonyl (C=O) groups is 1. The molecule has 3 aromatic carbocycles. The normalized spacial score (nSPS) is 16.0. The number of ether oxygens (including phenoxy) is 2. The van der Waals surface area contributed by atoms with E-state index in [4.69, 9.17) is 9.47 Å². The summed E-state index contributed by atoms with van der Waals surface area (Å²) in [6.07, 6.45) is 2.29. The Morgan fingerprint density at radius 1 is 1.02 bits per heavy atom. The Balaban J connectivity index is 1.17. The van der Waals surface area contributed by atoms with Crippen molar-refractivity contribution in [2.75, 3.05) is 43.5 Å². The SMILES string of the molecule is Cn1nc(C(C)(C)C)cc1NC(=O)Nc1ccc(OCCN2CCOC(CCc3ccccc3)C2)c2ccccc12. The van der Waals surface area contributed by atoms with Gasteiger partial charge in [0.1, 0.15) is 18.2 Å². The van der Waals surface area contributed by atoms with Gasteiger partial charge in [-0.15, -0.1) is 0 Å². The van der Waals surface area contributed by atoms with E-state index in [1.54, 1.807) is 4.68 Å². The average Bonchev–Trinajstić information content (AvgIpc) is 3.34. The lowest BCUT2D eigenvalue weighted by atomic mass is 9.92. The molecule has 0 bridgehead atoms. The van der Waals surface area contributed by atoms with Gasteiger partial charge in [-0.05, 0) is 30.5 Å². The lowest BCUT2D eigenvalue weighted by Gasteiger charge is -2.33. The van der Waals surface area contributed by atoms with Crippen LogP contribution in [0.1, 0.15) is 38.4 Å². The summed E-state index contributed by atoms with van der Waals surface area (Å²) >= 11 is 0. The Kier molecular flexibility index (Phi) is 8.90. The number of aryl methyl sites for hydroxylation is 2. The van der Waals surface area contributed by atoms with E-state index in [2.05, 4.69) is 71.7 Å². The standard InChI is InChI=1S/C33H41N5O3/c1-33(2,3)30-22-31(37(4)36-30)35-32(39)34-28-16-17-29(27-13-9-8-12-26(27)28)41-21-19-38-18-20-40-25(23-38)15-14-24-10-6-5-7-11-24/h5-13,16-17,22,25H,14-15,18-21,23H2,1-4H3,(H2,34,35,39). The molecule has 1 saturated heterocycles. The number of nitrogens with one attached hydrogen (secondary N) is 2. The van der Waals surface area contributed by atoms with Crippen LogP contribution in [-0.4, -0.2) is 59.7 Å². The molecule has 1 aliphatic heterocycles. The molecule has 5 rings (SSSR count). The molecule has 1 aromatic heterocycles. The summed E-state index contributed by atoms with van der Waals surface area (Å²) in [7, 11) is 1.83. The maximum atomic E-state index is 12.9. The highest BCUT2D eigenvalue weighted by Gasteiger charge is 2.21. The number of aromatic nitrogens is 2. The van der Waals surface area contributed by atoms with Gasteiger partial charge in [0.15, 0.2) is 0 Å². The molecule has 41 heavy (non-hydrogen) atoms. The molecule has 0 spiro atoms. The summed E-state index contributed by atoms with van der Waals surface area (Å²) in [5.41, 5.74) is 2.89. The number of hydrogen-bond donors (Lipinski definition) is 2. The first kappa shape index (κ1) is 28.6. The lowest BCUT2D eigenvalue weighted by Crippen LogP contribution is -2.44. The molecule has 2 heterocycles. The van der Waals surface area contributed by atoms with Crippen LogP contribution in [0, 0.1) is 0 Å². The molecular formula is C33H41N5O3. The lowest BCUT2D eigenvalue weighted by molar-refractivity contribution is -0.0344. The molecule has 0 aliphatic carbocycles. The van der Waals surface area contributed by atoms with Gasteiger partial charge in [0.05, 0.1) is 24.1 Å². The molecule has 0 radical (unpaired) electrons. The minimum atomic E-state index is -0.318. The molecule has 8 nitrogen and oxygen atoms in total. The molecule has 1 aliphatic rings. The second kappa shape index (κ2) is 12.7. The molecule has 4 aromatic rings. The quantitative estimate of drug-likeness (QED) is 0.256. The van der Waals surface area contributed by atoms with Gasteiger partial charge in [-0.1, -0.05) is 75.4 Å². The van der Waals surface area contributed by atoms with E-state index in [1.807, 2.05) is 49.5 Å². The molecular weight excluding hydrogens is 514 g/mol. The van der Waals surface area contributed by atoms with Gasteiger partial charge in [0, 0.05) is 48.9 Å². The Morgan fingerprint density at radius 3 is 2.54 bits per heavy atom. The molecule has 1 fully saturated rings. The van der Waals surface area contributed by atoms with Gasteiger partial charge in [-0.3, -0.25) is 14.9 Å². The second-order valence-electron chi connectivity index (χ2n) is 11.7. The van der Waals surface area contributed by atoms with Gasteiger partial charge in [0.2, 0.25) is 0 Å². The fraction of sp³-hybridized carbons (Fsp3) is 0.394. The molecule has 8 heteroatoms. The number of rotatable bonds is 9. The summed E-state index contributed by atoms with van der Waals surface area (Å²) in [5.74, 6) is 1.45. The van der Waals surface area contributed by atoms with E-state index in [1.165, 1.54) is 5.56 Å². The topological polar surface area (TPSA) is 80.7 Å². The van der Waals surface area contributed by atoms with Crippen molar-refractivity contribution in [2.24, 2.45) is 7.05 Å². The van der Waals surface area contributed by atoms with E-state index in [0.717, 1.165) is 67.0 Å². The maximum absolute atomic E-state index is 12.9. The maximum Gasteiger partial charge on any atom is 0.324 e. The van der Waals surface area contributed by atoms with Crippen LogP contribution >= 0.6 is 0 Å². The minimum Gasteiger partial charge on any atom is -0.492 e. The van der Waals surface area contributed by atoms with Crippen LogP contribution in [0.5, 0.6) is 5.75 Å². The number of morpholine rings is 1. The predicted molar refractivity (Wildman–Crippen MR) is 165 cm³/mol. The van der Waals surface area contributed by atoms with E-state index >= 15 is 0 Å². The van der Waals surface area contributed by atoms with Crippen molar-refractivity contribution >= 4 is 28.3 Å². The largest absolute Gasteiger partial charge is 0.492 e. The van der Waals surface area contributed by atoms with Crippen LogP contribution < -0.4 is 15.4 Å². The van der Waals surface area contributed by atoms with Crippen LogP contribution in [0.2, 0.25) is 0 Å². The fourth-order valence-electron chi connectivity index (χ4n) is 5.14. The van der Waals surface area contributed by atoms with Crippen LogP contribution in [0.15, 0.2) is 72.8 Å². The van der Waals surface area contributed by atoms with Gasteiger partial charge in [-0.2, -0.15) is 5.10 Å². The molecule has 1 unspecified atom stereocenters. The Hall–Kier alpha value is -3.88. The molecule has 216 valence electrons. The summed E-state index contributed by atoms with van der Waals surface area (Å²) in [6, 6.07) is 24.0. The zero-order chi connectivity index (χ0) is 28.8. The highest BCUT2D eigenvalue weighted by Crippen LogP contribution is 2.32. The van der Waals surface area contributed by atoms with E-state index in [0.29, 0.717) is 12.4 Å². The van der Waals surface area contributed by atoms with Crippen LogP contribution in [0.3, 0.4) is 0 Å². The highest BCUT2D eigenvalue weighted by atomic mass is 16.5. The predicted octanol–water partition coefficient (Wildman–Crippen LogP) is 6.23. The number of hydrogen-bond acceptors (Lipinski definition) is 5. The van der Waals surface area contributed by atoms with Gasteiger partial charge >= 0.3 is 6.03 Å². The van der Waals surface area contributed by atoms with Gasteiger partial charge in [0.25, 0.3) is 0 Å². The fourth-order valence-corrected chi connectivity index (χ4v) is 5.14. The molecule has 2 N–H and O–H groups in total. The Labute approximate surface area is 242 Å². The van der Waals surface area contributed by atoms with Crippen LogP contribution in [0.25, 0.3) is 10.8 Å². The number of amides is 2. The number of urea groups is 1. The number of benzene rings is 3. The first-order valence-electron chi connectivity index (χ1n) is 14.4. The monoisotopic (exact) mass is 555 g/mol. The molecule has 0 saturated carbocycles. The molecule has 2 amide bonds. The summed E-state index contributed by atoms with van der Waals surface area (Å²) in [4.78, 5) is 15.3. The Bertz CT molecular complexity index is 1460. The zero-order valence-electron chi connectivity index (χ0n) is 24.5. The number of nitrogens with zero attached hydrogens (tertiary/aromatic N) is 3. The summed E-state index contributed by atoms with van der Waals surface area (Å²) in [6.45, 7) is 10.3. The average molecular weight is 556 g/mol. The van der Waals surface area contributed by atoms with Crippen molar-refractivity contribution in [3.05, 3.63) is 84.1 Å². The first-order valence-corrected chi connectivity index (χ1v) is 14.4. The van der Waals surface area contributed by atoms with E-state index in [-0.39, 0.29) is 17.6 Å². The number of anilines is 2. The highest BCUT2D eigenvalue weighted by molar-refractivity contribution is 6.07. The second-order valence-corrected chi connectivity index (χ2v) is 11.7. The van der Waals surface area contributed by atoms with Crippen molar-refractivity contribution in [3.8, 4) is 5.75 Å². The summed E-state index contributed by atoms with van der Waals surface area (Å²) < 4.78 is 14.0. The first-order chi connectivity index (χ1) is 19.8. The number of carbonyl (C=O) groups excluding carboxylic acids is 1. The smallest absolute Gasteiger partial charge is 0.324 e. The van der Waals surface area contributed by atoms with E-state index in [9.17, 15) is 4.79 Å². The molecule has 1 atom stereocenters. The van der Waals surface area contributed by atoms with E-state index < -0.39 is 0 Å². The number of fused-ring (bicyclic) bond motifs is 1. The third kappa shape index (κ3) is 7.45. The van der Waals surface area contributed by atoms with Crippen molar-refractivity contribution in [2.45, 2.75) is 45.1 Å².